The maximum Gasteiger partial charge on any atom is 0.244 e. The van der Waals surface area contributed by atoms with Crippen molar-refractivity contribution in [3.8, 4) is 0 Å². The molecule has 0 atom stereocenters. The molecule has 0 aromatic carbocycles. The normalized spacial score (nSPS) is 19.1. The third-order valence-electron chi connectivity index (χ3n) is 3.79. The molecule has 116 valence electrons. The van der Waals surface area contributed by atoms with Gasteiger partial charge in [-0.3, -0.25) is 5.10 Å². The van der Waals surface area contributed by atoms with Crippen molar-refractivity contribution in [3.63, 3.8) is 0 Å². The monoisotopic (exact) mass is 322 g/mol. The van der Waals surface area contributed by atoms with E-state index in [0.29, 0.717) is 12.2 Å². The lowest BCUT2D eigenvalue weighted by atomic mass is 9.92. The summed E-state index contributed by atoms with van der Waals surface area (Å²) in [6, 6.07) is 0. The Bertz CT molecular complexity index is 521. The van der Waals surface area contributed by atoms with E-state index in [9.17, 15) is 8.42 Å². The number of H-pyrrole nitrogens is 1. The topological polar surface area (TPSA) is 101 Å². The quantitative estimate of drug-likeness (QED) is 0.731. The first-order chi connectivity index (χ1) is 8.93. The minimum Gasteiger partial charge on any atom is -0.324 e. The van der Waals surface area contributed by atoms with E-state index in [4.69, 9.17) is 5.73 Å². The van der Waals surface area contributed by atoms with Crippen molar-refractivity contribution in [2.45, 2.75) is 55.9 Å². The van der Waals surface area contributed by atoms with Crippen LogP contribution in [0.15, 0.2) is 11.1 Å². The lowest BCUT2D eigenvalue weighted by Crippen LogP contribution is -2.49. The minimum atomic E-state index is -3.52. The summed E-state index contributed by atoms with van der Waals surface area (Å²) in [6.07, 6.45) is 7.60. The zero-order chi connectivity index (χ0) is 13.9. The summed E-state index contributed by atoms with van der Waals surface area (Å²) in [7, 11) is -3.52. The van der Waals surface area contributed by atoms with E-state index in [0.717, 1.165) is 25.7 Å². The van der Waals surface area contributed by atoms with Crippen molar-refractivity contribution < 1.29 is 8.42 Å². The molecular weight excluding hydrogens is 300 g/mol. The Balaban J connectivity index is 0.00000200. The van der Waals surface area contributed by atoms with E-state index < -0.39 is 15.6 Å². The molecular formula is C12H23ClN4O2S. The zero-order valence-corrected chi connectivity index (χ0v) is 13.3. The van der Waals surface area contributed by atoms with Gasteiger partial charge < -0.3 is 5.73 Å². The van der Waals surface area contributed by atoms with Gasteiger partial charge >= 0.3 is 0 Å². The van der Waals surface area contributed by atoms with Crippen molar-refractivity contribution in [1.82, 2.24) is 14.9 Å². The molecule has 0 bridgehead atoms. The highest BCUT2D eigenvalue weighted by Crippen LogP contribution is 2.25. The standard InChI is InChI=1S/C12H22N4O2S.ClH/c1-10-11(8-14-16-10)19(17,18)15-9-12(13)6-4-2-3-5-7-12;/h8,15H,2-7,9,13H2,1H3,(H,14,16);1H. The number of nitrogens with one attached hydrogen (secondary N) is 2. The molecule has 20 heavy (non-hydrogen) atoms. The fourth-order valence-corrected chi connectivity index (χ4v) is 3.81. The third-order valence-corrected chi connectivity index (χ3v) is 5.30. The van der Waals surface area contributed by atoms with Crippen molar-refractivity contribution in [1.29, 1.82) is 0 Å². The maximum atomic E-state index is 12.2. The largest absolute Gasteiger partial charge is 0.324 e. The Labute approximate surface area is 126 Å². The van der Waals surface area contributed by atoms with Crippen LogP contribution in [0, 0.1) is 6.92 Å². The van der Waals surface area contributed by atoms with Gasteiger partial charge in [0.1, 0.15) is 4.90 Å². The molecule has 1 aromatic heterocycles. The first-order valence-electron chi connectivity index (χ1n) is 6.71. The van der Waals surface area contributed by atoms with Gasteiger partial charge in [-0.05, 0) is 19.8 Å². The van der Waals surface area contributed by atoms with Gasteiger partial charge in [-0.15, -0.1) is 12.4 Å². The SMILES string of the molecule is Cc1[nH]ncc1S(=O)(=O)NCC1(N)CCCCCC1.Cl. The highest BCUT2D eigenvalue weighted by atomic mass is 35.5. The van der Waals surface area contributed by atoms with E-state index in [1.807, 2.05) is 0 Å². The first-order valence-corrected chi connectivity index (χ1v) is 8.20. The Hall–Kier alpha value is -0.630. The molecule has 1 fully saturated rings. The summed E-state index contributed by atoms with van der Waals surface area (Å²) in [5, 5.41) is 6.37. The summed E-state index contributed by atoms with van der Waals surface area (Å²) in [6.45, 7) is 1.98. The second-order valence-corrected chi connectivity index (χ2v) is 7.20. The first kappa shape index (κ1) is 17.4. The second kappa shape index (κ2) is 6.89. The fourth-order valence-electron chi connectivity index (χ4n) is 2.54. The van der Waals surface area contributed by atoms with Crippen LogP contribution in [0.5, 0.6) is 0 Å². The molecule has 8 heteroatoms. The summed E-state index contributed by atoms with van der Waals surface area (Å²) in [5.74, 6) is 0. The lowest BCUT2D eigenvalue weighted by Gasteiger charge is -2.28. The van der Waals surface area contributed by atoms with E-state index in [2.05, 4.69) is 14.9 Å². The van der Waals surface area contributed by atoms with Crippen LogP contribution in [0.3, 0.4) is 0 Å². The summed E-state index contributed by atoms with van der Waals surface area (Å²) < 4.78 is 26.9. The highest BCUT2D eigenvalue weighted by Gasteiger charge is 2.29. The molecule has 0 amide bonds. The van der Waals surface area contributed by atoms with Crippen LogP contribution in [0.2, 0.25) is 0 Å². The summed E-state index contributed by atoms with van der Waals surface area (Å²) in [5.41, 5.74) is 6.43. The van der Waals surface area contributed by atoms with Crippen LogP contribution in [0.1, 0.15) is 44.2 Å². The minimum absolute atomic E-state index is 0. The van der Waals surface area contributed by atoms with Gasteiger partial charge in [0.05, 0.1) is 11.9 Å². The number of aryl methyl sites for hydroxylation is 1. The smallest absolute Gasteiger partial charge is 0.244 e. The number of rotatable bonds is 4. The van der Waals surface area contributed by atoms with E-state index in [-0.39, 0.29) is 17.3 Å². The van der Waals surface area contributed by atoms with Crippen LogP contribution in [-0.4, -0.2) is 30.7 Å². The molecule has 1 saturated carbocycles. The molecule has 1 aliphatic carbocycles. The number of nitrogens with two attached hydrogens (primary N) is 1. The molecule has 0 unspecified atom stereocenters. The number of aromatic nitrogens is 2. The van der Waals surface area contributed by atoms with Gasteiger partial charge in [0.25, 0.3) is 0 Å². The molecule has 1 aliphatic rings. The van der Waals surface area contributed by atoms with Gasteiger partial charge in [0.2, 0.25) is 10.0 Å². The maximum absolute atomic E-state index is 12.2. The molecule has 0 saturated heterocycles. The average molecular weight is 323 g/mol. The predicted octanol–water partition coefficient (Wildman–Crippen LogP) is 1.47. The molecule has 0 spiro atoms. The van der Waals surface area contributed by atoms with Crippen molar-refractivity contribution in [2.75, 3.05) is 6.54 Å². The Morgan fingerprint density at radius 3 is 2.45 bits per heavy atom. The second-order valence-electron chi connectivity index (χ2n) is 5.46. The van der Waals surface area contributed by atoms with Gasteiger partial charge in [0.15, 0.2) is 0 Å². The summed E-state index contributed by atoms with van der Waals surface area (Å²) in [4.78, 5) is 0.199. The van der Waals surface area contributed by atoms with Gasteiger partial charge in [-0.2, -0.15) is 5.10 Å². The number of aromatic amines is 1. The van der Waals surface area contributed by atoms with Crippen molar-refractivity contribution in [2.24, 2.45) is 5.73 Å². The molecule has 4 N–H and O–H groups in total. The number of sulfonamides is 1. The van der Waals surface area contributed by atoms with E-state index in [1.165, 1.54) is 19.0 Å². The molecule has 2 rings (SSSR count). The van der Waals surface area contributed by atoms with Crippen LogP contribution in [0.25, 0.3) is 0 Å². The number of nitrogens with zero attached hydrogens (tertiary/aromatic N) is 1. The predicted molar refractivity (Wildman–Crippen MR) is 80.4 cm³/mol. The zero-order valence-electron chi connectivity index (χ0n) is 11.7. The van der Waals surface area contributed by atoms with Crippen molar-refractivity contribution >= 4 is 22.4 Å². The summed E-state index contributed by atoms with van der Waals surface area (Å²) >= 11 is 0. The van der Waals surface area contributed by atoms with Gasteiger partial charge in [-0.1, -0.05) is 25.7 Å². The molecule has 1 aromatic rings. The van der Waals surface area contributed by atoms with Crippen LogP contribution in [-0.2, 0) is 10.0 Å². The fraction of sp³-hybridized carbons (Fsp3) is 0.750. The lowest BCUT2D eigenvalue weighted by molar-refractivity contribution is 0.369. The van der Waals surface area contributed by atoms with E-state index >= 15 is 0 Å². The number of hydrogen-bond donors (Lipinski definition) is 3. The van der Waals surface area contributed by atoms with Crippen LogP contribution in [0.4, 0.5) is 0 Å². The Kier molecular flexibility index (Phi) is 6.00. The average Bonchev–Trinajstić information content (AvgIpc) is 2.67. The molecule has 6 nitrogen and oxygen atoms in total. The van der Waals surface area contributed by atoms with Gasteiger partial charge in [-0.25, -0.2) is 13.1 Å². The molecule has 1 heterocycles. The van der Waals surface area contributed by atoms with Crippen molar-refractivity contribution in [3.05, 3.63) is 11.9 Å². The molecule has 0 radical (unpaired) electrons. The van der Waals surface area contributed by atoms with Crippen LogP contribution < -0.4 is 10.5 Å². The molecule has 0 aliphatic heterocycles. The highest BCUT2D eigenvalue weighted by molar-refractivity contribution is 7.89. The van der Waals surface area contributed by atoms with E-state index in [1.54, 1.807) is 6.92 Å². The Morgan fingerprint density at radius 1 is 1.35 bits per heavy atom. The number of halogens is 1. The van der Waals surface area contributed by atoms with Gasteiger partial charge in [0, 0.05) is 12.1 Å². The number of hydrogen-bond acceptors (Lipinski definition) is 4. The third kappa shape index (κ3) is 4.18. The Morgan fingerprint density at radius 2 is 1.95 bits per heavy atom. The van der Waals surface area contributed by atoms with Crippen LogP contribution >= 0.6 is 12.4 Å².